The van der Waals surface area contributed by atoms with Gasteiger partial charge in [-0.05, 0) is 48.6 Å². The van der Waals surface area contributed by atoms with E-state index in [2.05, 4.69) is 10.6 Å². The number of rotatable bonds is 12. The van der Waals surface area contributed by atoms with E-state index >= 15 is 0 Å². The van der Waals surface area contributed by atoms with Crippen LogP contribution in [0.15, 0.2) is 36.4 Å². The van der Waals surface area contributed by atoms with Crippen molar-refractivity contribution in [1.29, 1.82) is 0 Å². The summed E-state index contributed by atoms with van der Waals surface area (Å²) in [5, 5.41) is 5.29. The van der Waals surface area contributed by atoms with E-state index in [4.69, 9.17) is 10.5 Å². The second kappa shape index (κ2) is 14.4. The molecule has 1 aliphatic rings. The molecule has 1 heterocycles. The zero-order valence-electron chi connectivity index (χ0n) is 22.7. The molecule has 1 fully saturated rings. The second-order valence-corrected chi connectivity index (χ2v) is 11.1. The van der Waals surface area contributed by atoms with Crippen LogP contribution in [0.25, 0.3) is 0 Å². The van der Waals surface area contributed by atoms with Crippen molar-refractivity contribution in [1.82, 2.24) is 10.2 Å². The van der Waals surface area contributed by atoms with Gasteiger partial charge in [0, 0.05) is 43.1 Å². The first kappa shape index (κ1) is 31.3. The van der Waals surface area contributed by atoms with Crippen LogP contribution in [-0.4, -0.2) is 59.0 Å². The van der Waals surface area contributed by atoms with Crippen molar-refractivity contribution in [2.24, 2.45) is 11.7 Å². The zero-order valence-corrected chi connectivity index (χ0v) is 23.5. The lowest BCUT2D eigenvalue weighted by molar-refractivity contribution is -0.145. The molecule has 2 amide bonds. The number of halogens is 3. The number of carbonyl (C=O) groups is 3. The summed E-state index contributed by atoms with van der Waals surface area (Å²) in [5.74, 6) is -3.86. The highest BCUT2D eigenvalue weighted by atomic mass is 32.2. The van der Waals surface area contributed by atoms with Crippen molar-refractivity contribution in [2.75, 3.05) is 24.2 Å². The minimum absolute atomic E-state index is 0.0224. The normalized spacial score (nSPS) is 16.5. The highest BCUT2D eigenvalue weighted by Gasteiger charge is 2.35. The number of amides is 2. The molecule has 0 saturated carbocycles. The van der Waals surface area contributed by atoms with Crippen LogP contribution in [0.2, 0.25) is 0 Å². The second-order valence-electron chi connectivity index (χ2n) is 9.87. The van der Waals surface area contributed by atoms with E-state index < -0.39 is 34.9 Å². The molecule has 3 atom stereocenters. The third-order valence-corrected chi connectivity index (χ3v) is 7.60. The number of nitrogens with two attached hydrogens (primary N) is 1. The zero-order chi connectivity index (χ0) is 29.4. The van der Waals surface area contributed by atoms with Gasteiger partial charge in [0.05, 0.1) is 6.61 Å². The molecular weight excluding hydrogens is 545 g/mol. The predicted molar refractivity (Wildman–Crippen MR) is 148 cm³/mol. The van der Waals surface area contributed by atoms with Crippen molar-refractivity contribution in [2.45, 2.75) is 57.6 Å². The minimum Gasteiger partial charge on any atom is -0.464 e. The Morgan fingerprint density at radius 1 is 1.10 bits per heavy atom. The first-order chi connectivity index (χ1) is 19.0. The summed E-state index contributed by atoms with van der Waals surface area (Å²) in [4.78, 5) is 39.4. The number of benzene rings is 2. The van der Waals surface area contributed by atoms with Gasteiger partial charge in [0.15, 0.2) is 17.0 Å². The molecule has 0 unspecified atom stereocenters. The predicted octanol–water partition coefficient (Wildman–Crippen LogP) is 3.58. The fraction of sp³-hybridized carbons (Fsp3) is 0.464. The molecule has 0 radical (unpaired) electrons. The third-order valence-electron chi connectivity index (χ3n) is 6.39. The molecule has 40 heavy (non-hydrogen) atoms. The maximum absolute atomic E-state index is 14.0. The molecule has 8 nitrogen and oxygen atoms in total. The van der Waals surface area contributed by atoms with Crippen LogP contribution in [0, 0.1) is 23.4 Å². The topological polar surface area (TPSA) is 114 Å². The number of thioether (sulfide) groups is 1. The number of esters is 1. The first-order valence-electron chi connectivity index (χ1n) is 13.1. The summed E-state index contributed by atoms with van der Waals surface area (Å²) in [7, 11) is 0. The molecule has 4 N–H and O–H groups in total. The molecule has 12 heteroatoms. The van der Waals surface area contributed by atoms with Crippen LogP contribution in [0.5, 0.6) is 0 Å². The van der Waals surface area contributed by atoms with Gasteiger partial charge in [-0.2, -0.15) is 0 Å². The van der Waals surface area contributed by atoms with Crippen LogP contribution >= 0.6 is 11.8 Å². The number of hydrogen-bond acceptors (Lipinski definition) is 7. The van der Waals surface area contributed by atoms with E-state index in [1.165, 1.54) is 16.7 Å². The maximum Gasteiger partial charge on any atom is 0.328 e. The summed E-state index contributed by atoms with van der Waals surface area (Å²) >= 11 is 1.32. The lowest BCUT2D eigenvalue weighted by atomic mass is 10.0. The molecule has 2 aromatic carbocycles. The fourth-order valence-corrected chi connectivity index (χ4v) is 5.43. The van der Waals surface area contributed by atoms with Crippen LogP contribution in [0.3, 0.4) is 0 Å². The number of carbonyl (C=O) groups excluding carboxylic acids is 3. The van der Waals surface area contributed by atoms with Gasteiger partial charge >= 0.3 is 5.97 Å². The van der Waals surface area contributed by atoms with Gasteiger partial charge < -0.3 is 26.0 Å². The first-order valence-corrected chi connectivity index (χ1v) is 14.1. The highest BCUT2D eigenvalue weighted by molar-refractivity contribution is 8.00. The number of ether oxygens (including phenoxy) is 1. The van der Waals surface area contributed by atoms with Crippen molar-refractivity contribution in [3.05, 3.63) is 65.0 Å². The number of anilines is 1. The maximum atomic E-state index is 14.0. The van der Waals surface area contributed by atoms with Crippen LogP contribution < -0.4 is 16.4 Å². The van der Waals surface area contributed by atoms with Gasteiger partial charge in [-0.3, -0.25) is 9.59 Å². The largest absolute Gasteiger partial charge is 0.464 e. The standard InChI is InChI=1S/C28H35F3N4O4S/c1-4-39-28(38)25(16(2)3)34-20-7-5-17(6-8-20)15-33-26(37)27-35(9-10-40-27)24(36)13-19(32)11-18-12-22(30)23(31)14-21(18)29/h5-8,12,14,16,19,25,27,34H,4,9-11,13,15,32H2,1-3H3,(H,33,37)/t19-,25-,27+/m1/s1. The van der Waals surface area contributed by atoms with E-state index in [1.54, 1.807) is 6.92 Å². The van der Waals surface area contributed by atoms with Crippen molar-refractivity contribution >= 4 is 35.2 Å². The van der Waals surface area contributed by atoms with E-state index in [9.17, 15) is 27.6 Å². The third kappa shape index (κ3) is 8.37. The summed E-state index contributed by atoms with van der Waals surface area (Å²) < 4.78 is 45.7. The van der Waals surface area contributed by atoms with Crippen molar-refractivity contribution in [3.63, 3.8) is 0 Å². The van der Waals surface area contributed by atoms with Gasteiger partial charge in [0.25, 0.3) is 5.91 Å². The summed E-state index contributed by atoms with van der Waals surface area (Å²) in [6.45, 7) is 6.49. The Kier molecular flexibility index (Phi) is 11.3. The van der Waals surface area contributed by atoms with Gasteiger partial charge in [-0.25, -0.2) is 18.0 Å². The monoisotopic (exact) mass is 580 g/mol. The summed E-state index contributed by atoms with van der Waals surface area (Å²) in [6, 6.07) is 7.14. The Labute approximate surface area is 236 Å². The molecule has 0 aromatic heterocycles. The van der Waals surface area contributed by atoms with Gasteiger partial charge in [0.1, 0.15) is 11.9 Å². The molecule has 1 saturated heterocycles. The average molecular weight is 581 g/mol. The Balaban J connectivity index is 1.52. The Morgan fingerprint density at radius 2 is 1.77 bits per heavy atom. The number of hydrogen-bond donors (Lipinski definition) is 3. The molecule has 0 aliphatic carbocycles. The van der Waals surface area contributed by atoms with Crippen molar-refractivity contribution < 1.29 is 32.3 Å². The minimum atomic E-state index is -1.30. The molecule has 218 valence electrons. The van der Waals surface area contributed by atoms with Gasteiger partial charge in [0.2, 0.25) is 5.91 Å². The van der Waals surface area contributed by atoms with Gasteiger partial charge in [-0.15, -0.1) is 11.8 Å². The fourth-order valence-electron chi connectivity index (χ4n) is 4.26. The lowest BCUT2D eigenvalue weighted by Gasteiger charge is -2.24. The molecule has 0 spiro atoms. The van der Waals surface area contributed by atoms with E-state index in [0.717, 1.165) is 17.3 Å². The van der Waals surface area contributed by atoms with E-state index in [0.29, 0.717) is 25.0 Å². The Morgan fingerprint density at radius 3 is 2.42 bits per heavy atom. The summed E-state index contributed by atoms with van der Waals surface area (Å²) in [6.07, 6.45) is -0.338. The summed E-state index contributed by atoms with van der Waals surface area (Å²) in [5.41, 5.74) is 7.46. The number of nitrogens with zero attached hydrogens (tertiary/aromatic N) is 1. The number of nitrogens with one attached hydrogen (secondary N) is 2. The molecule has 2 aromatic rings. The van der Waals surface area contributed by atoms with Crippen LogP contribution in [0.1, 0.15) is 38.3 Å². The molecule has 0 bridgehead atoms. The van der Waals surface area contributed by atoms with Crippen molar-refractivity contribution in [3.8, 4) is 0 Å². The SMILES string of the molecule is CCOC(=O)[C@H](Nc1ccc(CNC(=O)[C@@H]2SCCN2C(=O)C[C@H](N)Cc2cc(F)c(F)cc2F)cc1)C(C)C. The van der Waals surface area contributed by atoms with Crippen LogP contribution in [-0.2, 0) is 32.1 Å². The smallest absolute Gasteiger partial charge is 0.328 e. The molecule has 1 aliphatic heterocycles. The lowest BCUT2D eigenvalue weighted by Crippen LogP contribution is -2.46. The average Bonchev–Trinajstić information content (AvgIpc) is 3.40. The molecular formula is C28H35F3N4O4S. The Hall–Kier alpha value is -3.25. The van der Waals surface area contributed by atoms with E-state index in [-0.39, 0.29) is 48.7 Å². The Bertz CT molecular complexity index is 1200. The molecule has 3 rings (SSSR count). The highest BCUT2D eigenvalue weighted by Crippen LogP contribution is 2.25. The van der Waals surface area contributed by atoms with Crippen LogP contribution in [0.4, 0.5) is 18.9 Å². The van der Waals surface area contributed by atoms with Gasteiger partial charge in [-0.1, -0.05) is 26.0 Å². The van der Waals surface area contributed by atoms with E-state index in [1.807, 2.05) is 38.1 Å². The quantitative estimate of drug-likeness (QED) is 0.260.